The number of carbonyl (C=O) groups excluding carboxylic acids is 1. The molecule has 2 aliphatic rings. The highest BCUT2D eigenvalue weighted by Gasteiger charge is 2.57. The van der Waals surface area contributed by atoms with Crippen LogP contribution < -0.4 is 0 Å². The van der Waals surface area contributed by atoms with Crippen molar-refractivity contribution in [2.45, 2.75) is 89.1 Å². The number of hydrogen-bond donors (Lipinski definition) is 1. The van der Waals surface area contributed by atoms with E-state index in [1.54, 1.807) is 4.90 Å². The molecule has 1 N–H and O–H groups in total. The average Bonchev–Trinajstić information content (AvgIpc) is 3.38. The van der Waals surface area contributed by atoms with Crippen molar-refractivity contribution in [3.05, 3.63) is 108 Å². The minimum Gasteiger partial charge on any atom is -0.444 e. The summed E-state index contributed by atoms with van der Waals surface area (Å²) in [6, 6.07) is 28.8. The summed E-state index contributed by atoms with van der Waals surface area (Å²) in [5.41, 5.74) is 2.37. The lowest BCUT2D eigenvalue weighted by Gasteiger charge is -2.46. The first-order valence-corrected chi connectivity index (χ1v) is 15.0. The normalized spacial score (nSPS) is 25.3. The lowest BCUT2D eigenvalue weighted by molar-refractivity contribution is -0.234. The van der Waals surface area contributed by atoms with E-state index in [-0.39, 0.29) is 13.2 Å². The van der Waals surface area contributed by atoms with Crippen LogP contribution in [-0.2, 0) is 43.5 Å². The molecule has 8 heteroatoms. The number of carbonyl (C=O) groups is 1. The Morgan fingerprint density at radius 2 is 1.33 bits per heavy atom. The van der Waals surface area contributed by atoms with Crippen molar-refractivity contribution in [1.82, 2.24) is 4.90 Å². The van der Waals surface area contributed by atoms with Crippen LogP contribution in [0.15, 0.2) is 91.0 Å². The van der Waals surface area contributed by atoms with Gasteiger partial charge in [-0.2, -0.15) is 0 Å². The summed E-state index contributed by atoms with van der Waals surface area (Å²) in [5.74, 6) is 0. The van der Waals surface area contributed by atoms with E-state index in [1.165, 1.54) is 0 Å². The highest BCUT2D eigenvalue weighted by molar-refractivity contribution is 5.70. The summed E-state index contributed by atoms with van der Waals surface area (Å²) in [5, 5.41) is 10.4. The minimum absolute atomic E-state index is 0.217. The first-order valence-electron chi connectivity index (χ1n) is 15.0. The Labute approximate surface area is 254 Å². The Balaban J connectivity index is 1.45. The van der Waals surface area contributed by atoms with Crippen LogP contribution in [0.1, 0.15) is 43.9 Å². The second kappa shape index (κ2) is 14.5. The molecule has 2 heterocycles. The summed E-state index contributed by atoms with van der Waals surface area (Å²) in [6.45, 7) is 6.65. The molecule has 2 unspecified atom stereocenters. The lowest BCUT2D eigenvalue weighted by Crippen LogP contribution is -2.64. The van der Waals surface area contributed by atoms with Gasteiger partial charge in [0.2, 0.25) is 0 Å². The number of aliphatic hydroxyl groups excluding tert-OH is 1. The van der Waals surface area contributed by atoms with Gasteiger partial charge in [0.05, 0.1) is 51.2 Å². The highest BCUT2D eigenvalue weighted by atomic mass is 16.6. The summed E-state index contributed by atoms with van der Waals surface area (Å²) in [4.78, 5) is 15.2. The van der Waals surface area contributed by atoms with E-state index in [0.717, 1.165) is 16.7 Å². The number of amides is 1. The Bertz CT molecular complexity index is 1270. The topological polar surface area (TPSA) is 86.7 Å². The fourth-order valence-electron chi connectivity index (χ4n) is 5.84. The van der Waals surface area contributed by atoms with E-state index in [4.69, 9.17) is 23.7 Å². The van der Waals surface area contributed by atoms with E-state index >= 15 is 0 Å². The summed E-state index contributed by atoms with van der Waals surface area (Å²) >= 11 is 0. The number of rotatable bonds is 11. The Morgan fingerprint density at radius 3 is 1.84 bits per heavy atom. The third kappa shape index (κ3) is 8.22. The largest absolute Gasteiger partial charge is 0.444 e. The van der Waals surface area contributed by atoms with Crippen molar-refractivity contribution < 1.29 is 33.6 Å². The fraction of sp³-hybridized carbons (Fsp3) is 0.457. The second-order valence-corrected chi connectivity index (χ2v) is 12.2. The van der Waals surface area contributed by atoms with Crippen molar-refractivity contribution in [3.63, 3.8) is 0 Å². The van der Waals surface area contributed by atoms with E-state index in [9.17, 15) is 9.90 Å². The maximum absolute atomic E-state index is 13.6. The summed E-state index contributed by atoms with van der Waals surface area (Å²) in [7, 11) is 0. The molecule has 2 aliphatic heterocycles. The van der Waals surface area contributed by atoms with Gasteiger partial charge in [-0.1, -0.05) is 91.0 Å². The van der Waals surface area contributed by atoms with Crippen LogP contribution in [0.2, 0.25) is 0 Å². The standard InChI is InChI=1S/C35H43NO7/c1-35(2,3)43-34(38)36-28(20-37)19-29-31(36)33(41-23-27-17-11-6-12-18-27)32(40-22-26-15-9-5-10-16-26)30(42-29)24-39-21-25-13-7-4-8-14-25/h4-18,28-33,37H,19-24H2,1-3H3/t28-,29-,30?,31?,32-,33+/m0/s1. The van der Waals surface area contributed by atoms with Gasteiger partial charge in [-0.3, -0.25) is 4.90 Å². The quantitative estimate of drug-likeness (QED) is 0.316. The van der Waals surface area contributed by atoms with E-state index in [1.807, 2.05) is 112 Å². The van der Waals surface area contributed by atoms with Crippen molar-refractivity contribution in [1.29, 1.82) is 0 Å². The molecule has 0 radical (unpaired) electrons. The van der Waals surface area contributed by atoms with E-state index in [0.29, 0.717) is 26.2 Å². The molecule has 0 aliphatic carbocycles. The van der Waals surface area contributed by atoms with Crippen LogP contribution in [0.5, 0.6) is 0 Å². The molecule has 2 fully saturated rings. The fourth-order valence-corrected chi connectivity index (χ4v) is 5.84. The van der Waals surface area contributed by atoms with Gasteiger partial charge in [0.15, 0.2) is 0 Å². The SMILES string of the molecule is CC(C)(C)OC(=O)N1C2[C@H](C[C@H]1CO)OC(COCc1ccccc1)[C@H](OCc1ccccc1)[C@@H]2OCc1ccccc1. The average molecular weight is 590 g/mol. The zero-order valence-electron chi connectivity index (χ0n) is 25.2. The molecule has 1 amide bonds. The van der Waals surface area contributed by atoms with Gasteiger partial charge in [0, 0.05) is 0 Å². The molecule has 5 rings (SSSR count). The molecule has 43 heavy (non-hydrogen) atoms. The van der Waals surface area contributed by atoms with Crippen molar-refractivity contribution in [3.8, 4) is 0 Å². The summed E-state index contributed by atoms with van der Waals surface area (Å²) < 4.78 is 32.0. The third-order valence-corrected chi connectivity index (χ3v) is 7.76. The Morgan fingerprint density at radius 1 is 0.814 bits per heavy atom. The zero-order chi connectivity index (χ0) is 30.2. The van der Waals surface area contributed by atoms with Gasteiger partial charge in [-0.15, -0.1) is 0 Å². The van der Waals surface area contributed by atoms with Crippen LogP contribution in [-0.4, -0.2) is 71.4 Å². The maximum atomic E-state index is 13.6. The molecule has 0 aromatic heterocycles. The molecule has 230 valence electrons. The molecule has 2 saturated heterocycles. The number of benzene rings is 3. The number of hydrogen-bond acceptors (Lipinski definition) is 7. The maximum Gasteiger partial charge on any atom is 0.411 e. The van der Waals surface area contributed by atoms with Gasteiger partial charge >= 0.3 is 6.09 Å². The molecule has 0 spiro atoms. The first-order chi connectivity index (χ1) is 20.8. The predicted molar refractivity (Wildman–Crippen MR) is 162 cm³/mol. The van der Waals surface area contributed by atoms with Gasteiger partial charge in [0.1, 0.15) is 23.9 Å². The number of aliphatic hydroxyl groups is 1. The molecular formula is C35H43NO7. The van der Waals surface area contributed by atoms with Gasteiger partial charge in [0.25, 0.3) is 0 Å². The highest BCUT2D eigenvalue weighted by Crippen LogP contribution is 2.39. The zero-order valence-corrected chi connectivity index (χ0v) is 25.2. The van der Waals surface area contributed by atoms with Gasteiger partial charge in [-0.05, 0) is 43.9 Å². The molecule has 3 aromatic rings. The lowest BCUT2D eigenvalue weighted by atomic mass is 9.92. The van der Waals surface area contributed by atoms with Gasteiger partial charge in [-0.25, -0.2) is 4.79 Å². The minimum atomic E-state index is -0.706. The molecule has 0 bridgehead atoms. The van der Waals surface area contributed by atoms with E-state index < -0.39 is 48.2 Å². The monoisotopic (exact) mass is 589 g/mol. The molecule has 6 atom stereocenters. The molecule has 8 nitrogen and oxygen atoms in total. The molecule has 3 aromatic carbocycles. The first kappa shape index (κ1) is 31.2. The van der Waals surface area contributed by atoms with E-state index in [2.05, 4.69) is 0 Å². The van der Waals surface area contributed by atoms with Crippen LogP contribution in [0.25, 0.3) is 0 Å². The van der Waals surface area contributed by atoms with Crippen molar-refractivity contribution in [2.24, 2.45) is 0 Å². The number of nitrogens with zero attached hydrogens (tertiary/aromatic N) is 1. The van der Waals surface area contributed by atoms with Crippen LogP contribution in [0.4, 0.5) is 4.79 Å². The van der Waals surface area contributed by atoms with Crippen molar-refractivity contribution in [2.75, 3.05) is 13.2 Å². The second-order valence-electron chi connectivity index (χ2n) is 12.2. The predicted octanol–water partition coefficient (Wildman–Crippen LogP) is 5.51. The molecular weight excluding hydrogens is 546 g/mol. The van der Waals surface area contributed by atoms with Crippen LogP contribution in [0.3, 0.4) is 0 Å². The number of fused-ring (bicyclic) bond motifs is 1. The Kier molecular flexibility index (Phi) is 10.5. The van der Waals surface area contributed by atoms with Crippen molar-refractivity contribution >= 4 is 6.09 Å². The number of ether oxygens (including phenoxy) is 5. The summed E-state index contributed by atoms with van der Waals surface area (Å²) in [6.07, 6.45) is -2.05. The number of likely N-dealkylation sites (tertiary alicyclic amines) is 1. The third-order valence-electron chi connectivity index (χ3n) is 7.76. The van der Waals surface area contributed by atoms with Gasteiger partial charge < -0.3 is 28.8 Å². The smallest absolute Gasteiger partial charge is 0.411 e. The molecule has 0 saturated carbocycles. The Hall–Kier alpha value is -3.27. The van der Waals surface area contributed by atoms with Crippen LogP contribution in [0, 0.1) is 0 Å². The van der Waals surface area contributed by atoms with Crippen LogP contribution >= 0.6 is 0 Å².